The lowest BCUT2D eigenvalue weighted by Crippen LogP contribution is -2.49. The van der Waals surface area contributed by atoms with Crippen molar-refractivity contribution in [2.24, 2.45) is 0 Å². The first-order chi connectivity index (χ1) is 6.72. The largest absolute Gasteiger partial charge is 0.347 e. The molecule has 0 aliphatic carbocycles. The third kappa shape index (κ3) is 7.93. The van der Waals surface area contributed by atoms with Crippen LogP contribution in [0.3, 0.4) is 0 Å². The van der Waals surface area contributed by atoms with E-state index in [9.17, 15) is 9.59 Å². The van der Waals surface area contributed by atoms with Crippen molar-refractivity contribution in [3.8, 4) is 0 Å². The SMILES string of the molecule is CN(C)CCNC(=O)C(=O)NC(C)(C)C. The molecule has 0 heterocycles. The Morgan fingerprint density at radius 3 is 2.07 bits per heavy atom. The Labute approximate surface area is 91.2 Å². The first kappa shape index (κ1) is 13.9. The van der Waals surface area contributed by atoms with Crippen LogP contribution in [0.25, 0.3) is 0 Å². The van der Waals surface area contributed by atoms with Gasteiger partial charge in [-0.2, -0.15) is 0 Å². The second-order valence-corrected chi connectivity index (χ2v) is 4.76. The van der Waals surface area contributed by atoms with Gasteiger partial charge in [-0.25, -0.2) is 0 Å². The minimum Gasteiger partial charge on any atom is -0.347 e. The molecule has 0 aliphatic heterocycles. The highest BCUT2D eigenvalue weighted by molar-refractivity contribution is 6.35. The van der Waals surface area contributed by atoms with Crippen molar-refractivity contribution in [2.75, 3.05) is 27.2 Å². The molecule has 5 heteroatoms. The Kier molecular flexibility index (Phi) is 5.28. The van der Waals surface area contributed by atoms with Crippen LogP contribution in [-0.4, -0.2) is 49.4 Å². The lowest BCUT2D eigenvalue weighted by molar-refractivity contribution is -0.140. The van der Waals surface area contributed by atoms with E-state index in [0.717, 1.165) is 0 Å². The van der Waals surface area contributed by atoms with Gasteiger partial charge in [0.1, 0.15) is 0 Å². The number of nitrogens with zero attached hydrogens (tertiary/aromatic N) is 1. The molecule has 0 spiro atoms. The van der Waals surface area contributed by atoms with Crippen molar-refractivity contribution < 1.29 is 9.59 Å². The number of amides is 2. The van der Waals surface area contributed by atoms with E-state index < -0.39 is 11.8 Å². The minimum absolute atomic E-state index is 0.379. The summed E-state index contributed by atoms with van der Waals surface area (Å²) in [5, 5.41) is 5.14. The van der Waals surface area contributed by atoms with E-state index >= 15 is 0 Å². The van der Waals surface area contributed by atoms with Crippen LogP contribution in [0, 0.1) is 0 Å². The van der Waals surface area contributed by atoms with E-state index in [0.29, 0.717) is 13.1 Å². The number of nitrogens with one attached hydrogen (secondary N) is 2. The molecule has 0 atom stereocenters. The van der Waals surface area contributed by atoms with Crippen LogP contribution >= 0.6 is 0 Å². The molecule has 0 aromatic carbocycles. The Balaban J connectivity index is 3.86. The third-order valence-electron chi connectivity index (χ3n) is 1.54. The summed E-state index contributed by atoms with van der Waals surface area (Å²) < 4.78 is 0. The van der Waals surface area contributed by atoms with Gasteiger partial charge in [-0.1, -0.05) is 0 Å². The zero-order chi connectivity index (χ0) is 12.1. The van der Waals surface area contributed by atoms with Crippen molar-refractivity contribution in [1.82, 2.24) is 15.5 Å². The quantitative estimate of drug-likeness (QED) is 0.629. The normalized spacial score (nSPS) is 11.3. The standard InChI is InChI=1S/C10H21N3O2/c1-10(2,3)12-9(15)8(14)11-6-7-13(4)5/h6-7H2,1-5H3,(H,11,14)(H,12,15). The Bertz CT molecular complexity index is 231. The van der Waals surface area contributed by atoms with E-state index in [1.54, 1.807) is 0 Å². The van der Waals surface area contributed by atoms with E-state index in [-0.39, 0.29) is 5.54 Å². The fraction of sp³-hybridized carbons (Fsp3) is 0.800. The van der Waals surface area contributed by atoms with Gasteiger partial charge in [0.05, 0.1) is 0 Å². The highest BCUT2D eigenvalue weighted by atomic mass is 16.2. The fourth-order valence-electron chi connectivity index (χ4n) is 0.871. The third-order valence-corrected chi connectivity index (χ3v) is 1.54. The zero-order valence-corrected chi connectivity index (χ0v) is 10.2. The molecule has 0 rings (SSSR count). The van der Waals surface area contributed by atoms with E-state index in [1.165, 1.54) is 0 Å². The maximum atomic E-state index is 11.3. The van der Waals surface area contributed by atoms with Crippen LogP contribution in [0.1, 0.15) is 20.8 Å². The van der Waals surface area contributed by atoms with Crippen molar-refractivity contribution in [3.05, 3.63) is 0 Å². The Hall–Kier alpha value is -1.10. The van der Waals surface area contributed by atoms with Crippen LogP contribution in [0.2, 0.25) is 0 Å². The van der Waals surface area contributed by atoms with Crippen molar-refractivity contribution in [2.45, 2.75) is 26.3 Å². The van der Waals surface area contributed by atoms with Gasteiger partial charge in [0.25, 0.3) is 0 Å². The van der Waals surface area contributed by atoms with Gasteiger partial charge in [-0.3, -0.25) is 9.59 Å². The molecular formula is C10H21N3O2. The molecule has 0 aromatic heterocycles. The summed E-state index contributed by atoms with van der Waals surface area (Å²) in [6, 6.07) is 0. The fourth-order valence-corrected chi connectivity index (χ4v) is 0.871. The maximum Gasteiger partial charge on any atom is 0.309 e. The smallest absolute Gasteiger partial charge is 0.309 e. The lowest BCUT2D eigenvalue weighted by Gasteiger charge is -2.20. The summed E-state index contributed by atoms with van der Waals surface area (Å²) in [4.78, 5) is 24.5. The number of rotatable bonds is 3. The second-order valence-electron chi connectivity index (χ2n) is 4.76. The number of hydrogen-bond donors (Lipinski definition) is 2. The van der Waals surface area contributed by atoms with E-state index in [1.807, 2.05) is 39.8 Å². The van der Waals surface area contributed by atoms with Crippen LogP contribution in [0.15, 0.2) is 0 Å². The Morgan fingerprint density at radius 1 is 1.13 bits per heavy atom. The number of hydrogen-bond acceptors (Lipinski definition) is 3. The first-order valence-electron chi connectivity index (χ1n) is 4.97. The second kappa shape index (κ2) is 5.70. The summed E-state index contributed by atoms with van der Waals surface area (Å²) >= 11 is 0. The number of carbonyl (C=O) groups is 2. The summed E-state index contributed by atoms with van der Waals surface area (Å²) in [5.41, 5.74) is -0.379. The maximum absolute atomic E-state index is 11.3. The first-order valence-corrected chi connectivity index (χ1v) is 4.97. The molecule has 2 N–H and O–H groups in total. The van der Waals surface area contributed by atoms with Crippen molar-refractivity contribution >= 4 is 11.8 Å². The van der Waals surface area contributed by atoms with Gasteiger partial charge >= 0.3 is 11.8 Å². The molecule has 2 amide bonds. The van der Waals surface area contributed by atoms with Gasteiger partial charge in [-0.15, -0.1) is 0 Å². The molecule has 0 aliphatic rings. The molecule has 0 radical (unpaired) electrons. The van der Waals surface area contributed by atoms with Gasteiger partial charge in [0.15, 0.2) is 0 Å². The summed E-state index contributed by atoms with van der Waals surface area (Å²) in [7, 11) is 3.81. The average Bonchev–Trinajstić information content (AvgIpc) is 1.99. The van der Waals surface area contributed by atoms with Crippen molar-refractivity contribution in [3.63, 3.8) is 0 Å². The highest BCUT2D eigenvalue weighted by Gasteiger charge is 2.19. The van der Waals surface area contributed by atoms with E-state index in [4.69, 9.17) is 0 Å². The molecule has 0 saturated heterocycles. The molecular weight excluding hydrogens is 194 g/mol. The number of carbonyl (C=O) groups excluding carboxylic acids is 2. The van der Waals surface area contributed by atoms with E-state index in [2.05, 4.69) is 10.6 Å². The summed E-state index contributed by atoms with van der Waals surface area (Å²) in [6.45, 7) is 6.69. The topological polar surface area (TPSA) is 61.4 Å². The zero-order valence-electron chi connectivity index (χ0n) is 10.2. The minimum atomic E-state index is -0.582. The summed E-state index contributed by atoms with van der Waals surface area (Å²) in [6.07, 6.45) is 0. The van der Waals surface area contributed by atoms with Crippen LogP contribution in [0.4, 0.5) is 0 Å². The summed E-state index contributed by atoms with van der Waals surface area (Å²) in [5.74, 6) is -1.16. The highest BCUT2D eigenvalue weighted by Crippen LogP contribution is 1.97. The predicted molar refractivity (Wildman–Crippen MR) is 59.5 cm³/mol. The van der Waals surface area contributed by atoms with Gasteiger partial charge in [-0.05, 0) is 34.9 Å². The molecule has 0 unspecified atom stereocenters. The Morgan fingerprint density at radius 2 is 1.67 bits per heavy atom. The monoisotopic (exact) mass is 215 g/mol. The van der Waals surface area contributed by atoms with Crippen LogP contribution in [0.5, 0.6) is 0 Å². The number of likely N-dealkylation sites (N-methyl/N-ethyl adjacent to an activating group) is 1. The van der Waals surface area contributed by atoms with Crippen LogP contribution < -0.4 is 10.6 Å². The molecule has 0 aromatic rings. The van der Waals surface area contributed by atoms with Gasteiger partial charge in [0, 0.05) is 18.6 Å². The van der Waals surface area contributed by atoms with Crippen LogP contribution in [-0.2, 0) is 9.59 Å². The molecule has 0 fully saturated rings. The van der Waals surface area contributed by atoms with Crippen molar-refractivity contribution in [1.29, 1.82) is 0 Å². The van der Waals surface area contributed by atoms with Gasteiger partial charge in [0.2, 0.25) is 0 Å². The molecule has 0 saturated carbocycles. The molecule has 88 valence electrons. The average molecular weight is 215 g/mol. The molecule has 15 heavy (non-hydrogen) atoms. The molecule has 5 nitrogen and oxygen atoms in total. The molecule has 0 bridgehead atoms. The lowest BCUT2D eigenvalue weighted by atomic mass is 10.1. The van der Waals surface area contributed by atoms with Gasteiger partial charge < -0.3 is 15.5 Å². The predicted octanol–water partition coefficient (Wildman–Crippen LogP) is -0.421.